The Kier molecular flexibility index (Phi) is 12.3. The second kappa shape index (κ2) is 16.3. The first-order chi connectivity index (χ1) is 20.7. The molecular weight excluding hydrogens is 545 g/mol. The molecule has 2 unspecified atom stereocenters. The highest BCUT2D eigenvalue weighted by Gasteiger charge is 2.06. The van der Waals surface area contributed by atoms with Gasteiger partial charge in [-0.1, -0.05) is 39.5 Å². The molecule has 5 heteroatoms. The molecule has 0 heterocycles. The molecule has 0 saturated heterocycles. The molecule has 4 rings (SSSR count). The number of hydrogen-bond acceptors (Lipinski definition) is 5. The van der Waals surface area contributed by atoms with Gasteiger partial charge in [-0.05, 0) is 148 Å². The van der Waals surface area contributed by atoms with E-state index in [1.165, 1.54) is 46.8 Å². The van der Waals surface area contributed by atoms with Crippen LogP contribution >= 0.6 is 11.8 Å². The molecule has 4 aromatic rings. The van der Waals surface area contributed by atoms with E-state index in [-0.39, 0.29) is 0 Å². The SMILES string of the molecule is CC(C)CCC(C)Nc1ccc(Nc2ccc(Sc3ccc(Nc4ccc(NC(C)CCC(C)C)cc4)cc3)cc2)cc1. The third kappa shape index (κ3) is 11.6. The van der Waals surface area contributed by atoms with Gasteiger partial charge in [-0.15, -0.1) is 0 Å². The minimum absolute atomic E-state index is 0.479. The van der Waals surface area contributed by atoms with Crippen LogP contribution in [0.3, 0.4) is 0 Å². The Balaban J connectivity index is 1.22. The average Bonchev–Trinajstić information content (AvgIpc) is 2.99. The molecular formula is C38H50N4S. The van der Waals surface area contributed by atoms with Gasteiger partial charge in [0.25, 0.3) is 0 Å². The van der Waals surface area contributed by atoms with E-state index < -0.39 is 0 Å². The molecule has 0 aromatic heterocycles. The van der Waals surface area contributed by atoms with Crippen molar-refractivity contribution in [1.29, 1.82) is 0 Å². The molecule has 0 amide bonds. The highest BCUT2D eigenvalue weighted by Crippen LogP contribution is 2.31. The molecule has 0 saturated carbocycles. The molecule has 4 N–H and O–H groups in total. The maximum Gasteiger partial charge on any atom is 0.0385 e. The minimum Gasteiger partial charge on any atom is -0.383 e. The summed E-state index contributed by atoms with van der Waals surface area (Å²) in [5, 5.41) is 14.3. The molecule has 0 aliphatic carbocycles. The summed E-state index contributed by atoms with van der Waals surface area (Å²) in [4.78, 5) is 2.43. The molecule has 0 radical (unpaired) electrons. The smallest absolute Gasteiger partial charge is 0.0385 e. The van der Waals surface area contributed by atoms with E-state index in [4.69, 9.17) is 0 Å². The van der Waals surface area contributed by atoms with Crippen molar-refractivity contribution in [1.82, 2.24) is 0 Å². The molecule has 43 heavy (non-hydrogen) atoms. The van der Waals surface area contributed by atoms with Crippen molar-refractivity contribution in [3.63, 3.8) is 0 Å². The summed E-state index contributed by atoms with van der Waals surface area (Å²) in [5.74, 6) is 1.49. The lowest BCUT2D eigenvalue weighted by Crippen LogP contribution is -2.15. The van der Waals surface area contributed by atoms with Gasteiger partial charge in [0, 0.05) is 56.0 Å². The van der Waals surface area contributed by atoms with Crippen LogP contribution < -0.4 is 21.3 Å². The zero-order valence-electron chi connectivity index (χ0n) is 26.8. The van der Waals surface area contributed by atoms with Crippen LogP contribution in [0, 0.1) is 11.8 Å². The van der Waals surface area contributed by atoms with Crippen molar-refractivity contribution in [2.75, 3.05) is 21.3 Å². The summed E-state index contributed by atoms with van der Waals surface area (Å²) < 4.78 is 0. The van der Waals surface area contributed by atoms with Crippen molar-refractivity contribution in [2.24, 2.45) is 11.8 Å². The first kappa shape index (κ1) is 32.3. The van der Waals surface area contributed by atoms with Crippen LogP contribution in [0.25, 0.3) is 0 Å². The second-order valence-electron chi connectivity index (χ2n) is 12.6. The number of hydrogen-bond donors (Lipinski definition) is 4. The van der Waals surface area contributed by atoms with E-state index >= 15 is 0 Å². The van der Waals surface area contributed by atoms with Gasteiger partial charge in [-0.3, -0.25) is 0 Å². The second-order valence-corrected chi connectivity index (χ2v) is 13.7. The van der Waals surface area contributed by atoms with Crippen molar-refractivity contribution in [3.05, 3.63) is 97.1 Å². The van der Waals surface area contributed by atoms with Gasteiger partial charge < -0.3 is 21.3 Å². The van der Waals surface area contributed by atoms with Crippen molar-refractivity contribution >= 4 is 45.9 Å². The van der Waals surface area contributed by atoms with E-state index in [0.29, 0.717) is 12.1 Å². The lowest BCUT2D eigenvalue weighted by Gasteiger charge is -2.17. The van der Waals surface area contributed by atoms with Crippen LogP contribution in [0.5, 0.6) is 0 Å². The zero-order valence-corrected chi connectivity index (χ0v) is 27.6. The van der Waals surface area contributed by atoms with Gasteiger partial charge in [-0.25, -0.2) is 0 Å². The van der Waals surface area contributed by atoms with E-state index in [1.54, 1.807) is 11.8 Å². The molecule has 0 aliphatic heterocycles. The van der Waals surface area contributed by atoms with Crippen molar-refractivity contribution in [3.8, 4) is 0 Å². The predicted octanol–water partition coefficient (Wildman–Crippen LogP) is 11.8. The molecule has 0 fully saturated rings. The Morgan fingerprint density at radius 2 is 0.674 bits per heavy atom. The fraction of sp³-hybridized carbons (Fsp3) is 0.368. The predicted molar refractivity (Wildman–Crippen MR) is 191 cm³/mol. The first-order valence-corrected chi connectivity index (χ1v) is 16.7. The number of rotatable bonds is 16. The van der Waals surface area contributed by atoms with Crippen LogP contribution in [0.2, 0.25) is 0 Å². The summed E-state index contributed by atoms with van der Waals surface area (Å²) >= 11 is 1.77. The van der Waals surface area contributed by atoms with Crippen LogP contribution in [0.1, 0.15) is 67.2 Å². The lowest BCUT2D eigenvalue weighted by molar-refractivity contribution is 0.528. The van der Waals surface area contributed by atoms with Crippen molar-refractivity contribution in [2.45, 2.75) is 89.1 Å². The van der Waals surface area contributed by atoms with Gasteiger partial charge in [0.15, 0.2) is 0 Å². The molecule has 228 valence electrons. The molecule has 0 aliphatic rings. The monoisotopic (exact) mass is 594 g/mol. The molecule has 2 atom stereocenters. The molecule has 0 spiro atoms. The Labute approximate surface area is 264 Å². The topological polar surface area (TPSA) is 48.1 Å². The van der Waals surface area contributed by atoms with E-state index in [0.717, 1.165) is 34.6 Å². The number of anilines is 6. The van der Waals surface area contributed by atoms with E-state index in [1.807, 2.05) is 0 Å². The highest BCUT2D eigenvalue weighted by atomic mass is 32.2. The molecule has 4 nitrogen and oxygen atoms in total. The largest absolute Gasteiger partial charge is 0.383 e. The summed E-state index contributed by atoms with van der Waals surface area (Å²) in [6, 6.07) is 35.4. The van der Waals surface area contributed by atoms with Crippen LogP contribution in [0.15, 0.2) is 107 Å². The van der Waals surface area contributed by atoms with E-state index in [2.05, 4.69) is 160 Å². The van der Waals surface area contributed by atoms with E-state index in [9.17, 15) is 0 Å². The summed E-state index contributed by atoms with van der Waals surface area (Å²) in [6.45, 7) is 13.6. The minimum atomic E-state index is 0.479. The standard InChI is InChI=1S/C38H50N4S/c1-27(2)7-9-29(5)39-31-11-15-33(16-12-31)41-35-19-23-37(24-20-35)43-38-25-21-36(22-26-38)42-34-17-13-32(14-18-34)40-30(6)10-8-28(3)4/h11-30,39-42H,7-10H2,1-6H3. The van der Waals surface area contributed by atoms with Crippen LogP contribution in [-0.4, -0.2) is 12.1 Å². The Morgan fingerprint density at radius 1 is 0.395 bits per heavy atom. The Morgan fingerprint density at radius 3 is 0.977 bits per heavy atom. The maximum absolute atomic E-state index is 3.61. The van der Waals surface area contributed by atoms with Crippen molar-refractivity contribution < 1.29 is 0 Å². The average molecular weight is 595 g/mol. The maximum atomic E-state index is 3.61. The third-order valence-electron chi connectivity index (χ3n) is 7.47. The van der Waals surface area contributed by atoms with Gasteiger partial charge in [0.05, 0.1) is 0 Å². The fourth-order valence-corrected chi connectivity index (χ4v) is 5.68. The summed E-state index contributed by atoms with van der Waals surface area (Å²) in [5.41, 5.74) is 6.68. The number of nitrogens with one attached hydrogen (secondary N) is 4. The summed E-state index contributed by atoms with van der Waals surface area (Å²) in [6.07, 6.45) is 4.87. The van der Waals surface area contributed by atoms with Crippen LogP contribution in [-0.2, 0) is 0 Å². The fourth-order valence-electron chi connectivity index (χ4n) is 4.86. The molecule has 4 aromatic carbocycles. The van der Waals surface area contributed by atoms with Gasteiger partial charge in [-0.2, -0.15) is 0 Å². The highest BCUT2D eigenvalue weighted by molar-refractivity contribution is 7.99. The Hall–Kier alpha value is -3.57. The lowest BCUT2D eigenvalue weighted by atomic mass is 10.0. The third-order valence-corrected chi connectivity index (χ3v) is 8.49. The summed E-state index contributed by atoms with van der Waals surface area (Å²) in [7, 11) is 0. The van der Waals surface area contributed by atoms with Gasteiger partial charge in [0.1, 0.15) is 0 Å². The van der Waals surface area contributed by atoms with Gasteiger partial charge in [0.2, 0.25) is 0 Å². The first-order valence-electron chi connectivity index (χ1n) is 15.9. The normalized spacial score (nSPS) is 12.7. The quantitative estimate of drug-likeness (QED) is 0.104. The zero-order chi connectivity index (χ0) is 30.6. The number of benzene rings is 4. The Bertz CT molecular complexity index is 1240. The van der Waals surface area contributed by atoms with Gasteiger partial charge >= 0.3 is 0 Å². The molecule has 0 bridgehead atoms. The van der Waals surface area contributed by atoms with Crippen LogP contribution in [0.4, 0.5) is 34.1 Å².